The topological polar surface area (TPSA) is 32.3 Å². The lowest BCUT2D eigenvalue weighted by Gasteiger charge is -2.13. The molecule has 0 bridgehead atoms. The number of carbonyl (C=O) groups is 1. The van der Waals surface area contributed by atoms with Crippen molar-refractivity contribution in [2.45, 2.75) is 13.3 Å². The first-order valence-corrected chi connectivity index (χ1v) is 5.50. The van der Waals surface area contributed by atoms with E-state index < -0.39 is 0 Å². The van der Waals surface area contributed by atoms with Crippen molar-refractivity contribution in [3.8, 4) is 0 Å². The zero-order valence-electron chi connectivity index (χ0n) is 9.57. The van der Waals surface area contributed by atoms with Crippen molar-refractivity contribution < 1.29 is 4.79 Å². The molecule has 1 saturated heterocycles. The number of nitrogens with zero attached hydrogens (tertiary/aromatic N) is 1. The molecule has 1 amide bonds. The number of carbonyl (C=O) groups excluding carboxylic acids is 1. The van der Waals surface area contributed by atoms with Gasteiger partial charge in [0.25, 0.3) is 0 Å². The average Bonchev–Trinajstić information content (AvgIpc) is 2.67. The number of hydrogen-bond acceptors (Lipinski definition) is 2. The predicted molar refractivity (Wildman–Crippen MR) is 62.6 cm³/mol. The van der Waals surface area contributed by atoms with Crippen LogP contribution in [-0.2, 0) is 4.79 Å². The van der Waals surface area contributed by atoms with Gasteiger partial charge in [-0.3, -0.25) is 4.79 Å². The van der Waals surface area contributed by atoms with E-state index in [1.54, 1.807) is 12.2 Å². The van der Waals surface area contributed by atoms with Gasteiger partial charge in [-0.1, -0.05) is 18.2 Å². The summed E-state index contributed by atoms with van der Waals surface area (Å²) >= 11 is 0. The molecule has 15 heavy (non-hydrogen) atoms. The highest BCUT2D eigenvalue weighted by Crippen LogP contribution is 2.15. The van der Waals surface area contributed by atoms with E-state index in [4.69, 9.17) is 0 Å². The fraction of sp³-hybridized carbons (Fsp3) is 0.583. The molecular formula is C12H20N2O. The molecule has 0 aromatic carbocycles. The van der Waals surface area contributed by atoms with Gasteiger partial charge in [-0.05, 0) is 32.9 Å². The Morgan fingerprint density at radius 2 is 2.33 bits per heavy atom. The Labute approximate surface area is 91.8 Å². The minimum absolute atomic E-state index is 0.131. The standard InChI is InChI=1S/C12H20N2O/c1-3-4-5-6-12(15)14-8-7-11(10-14)9-13-2/h3-6,11,13H,7-10H2,1-2H3/b4-3+,6-5+/t11-/m0/s1. The van der Waals surface area contributed by atoms with E-state index in [1.165, 1.54) is 0 Å². The lowest BCUT2D eigenvalue weighted by Crippen LogP contribution is -2.28. The normalized spacial score (nSPS) is 22.0. The number of rotatable bonds is 4. The van der Waals surface area contributed by atoms with Gasteiger partial charge in [-0.15, -0.1) is 0 Å². The van der Waals surface area contributed by atoms with Gasteiger partial charge >= 0.3 is 0 Å². The summed E-state index contributed by atoms with van der Waals surface area (Å²) in [5.74, 6) is 0.751. The Bertz CT molecular complexity index is 258. The van der Waals surface area contributed by atoms with Gasteiger partial charge in [0.15, 0.2) is 0 Å². The molecule has 1 heterocycles. The molecule has 1 N–H and O–H groups in total. The molecule has 1 fully saturated rings. The first-order valence-electron chi connectivity index (χ1n) is 5.50. The molecule has 0 saturated carbocycles. The summed E-state index contributed by atoms with van der Waals surface area (Å²) in [6.45, 7) is 4.72. The molecule has 0 aromatic rings. The Kier molecular flexibility index (Phi) is 5.12. The Morgan fingerprint density at radius 3 is 3.00 bits per heavy atom. The van der Waals surface area contributed by atoms with Crippen LogP contribution in [0.1, 0.15) is 13.3 Å². The summed E-state index contributed by atoms with van der Waals surface area (Å²) in [6.07, 6.45) is 8.34. The average molecular weight is 208 g/mol. The first-order chi connectivity index (χ1) is 7.27. The highest BCUT2D eigenvalue weighted by Gasteiger charge is 2.23. The SMILES string of the molecule is C/C=C/C=C/C(=O)N1CC[C@@H](CNC)C1. The number of nitrogens with one attached hydrogen (secondary N) is 1. The smallest absolute Gasteiger partial charge is 0.246 e. The van der Waals surface area contributed by atoms with Gasteiger partial charge in [-0.25, -0.2) is 0 Å². The molecule has 0 unspecified atom stereocenters. The third-order valence-corrected chi connectivity index (χ3v) is 2.63. The Balaban J connectivity index is 2.36. The third-order valence-electron chi connectivity index (χ3n) is 2.63. The Hall–Kier alpha value is -1.09. The zero-order chi connectivity index (χ0) is 11.1. The first kappa shape index (κ1) is 12.0. The van der Waals surface area contributed by atoms with E-state index >= 15 is 0 Å². The molecule has 0 radical (unpaired) electrons. The minimum atomic E-state index is 0.131. The largest absolute Gasteiger partial charge is 0.339 e. The number of amides is 1. The van der Waals surface area contributed by atoms with Gasteiger partial charge in [-0.2, -0.15) is 0 Å². The van der Waals surface area contributed by atoms with Gasteiger partial charge in [0, 0.05) is 19.2 Å². The second-order valence-electron chi connectivity index (χ2n) is 3.88. The Morgan fingerprint density at radius 1 is 1.53 bits per heavy atom. The van der Waals surface area contributed by atoms with Crippen LogP contribution in [-0.4, -0.2) is 37.5 Å². The van der Waals surface area contributed by atoms with Gasteiger partial charge in [0.2, 0.25) is 5.91 Å². The van der Waals surface area contributed by atoms with E-state index in [-0.39, 0.29) is 5.91 Å². The van der Waals surface area contributed by atoms with E-state index in [2.05, 4.69) is 5.32 Å². The molecular weight excluding hydrogens is 188 g/mol. The van der Waals surface area contributed by atoms with Crippen molar-refractivity contribution >= 4 is 5.91 Å². The van der Waals surface area contributed by atoms with Crippen LogP contribution in [0.25, 0.3) is 0 Å². The van der Waals surface area contributed by atoms with Crippen LogP contribution in [0, 0.1) is 5.92 Å². The highest BCUT2D eigenvalue weighted by molar-refractivity contribution is 5.88. The van der Waals surface area contributed by atoms with Gasteiger partial charge in [0.05, 0.1) is 0 Å². The van der Waals surface area contributed by atoms with Crippen molar-refractivity contribution in [3.05, 3.63) is 24.3 Å². The second-order valence-corrected chi connectivity index (χ2v) is 3.88. The number of hydrogen-bond donors (Lipinski definition) is 1. The van der Waals surface area contributed by atoms with Gasteiger partial charge in [0.1, 0.15) is 0 Å². The maximum Gasteiger partial charge on any atom is 0.246 e. The van der Waals surface area contributed by atoms with Crippen molar-refractivity contribution in [2.75, 3.05) is 26.7 Å². The van der Waals surface area contributed by atoms with Crippen LogP contribution >= 0.6 is 0 Å². The monoisotopic (exact) mass is 208 g/mol. The molecule has 84 valence electrons. The fourth-order valence-corrected chi connectivity index (χ4v) is 1.84. The van der Waals surface area contributed by atoms with Crippen LogP contribution in [0.15, 0.2) is 24.3 Å². The summed E-state index contributed by atoms with van der Waals surface area (Å²) in [4.78, 5) is 13.6. The maximum absolute atomic E-state index is 11.7. The molecule has 3 nitrogen and oxygen atoms in total. The predicted octanol–water partition coefficient (Wildman–Crippen LogP) is 1.19. The lowest BCUT2D eigenvalue weighted by molar-refractivity contribution is -0.125. The molecule has 1 atom stereocenters. The summed E-state index contributed by atoms with van der Waals surface area (Å²) in [5, 5.41) is 3.15. The molecule has 1 aliphatic heterocycles. The van der Waals surface area contributed by atoms with E-state index in [1.807, 2.05) is 31.0 Å². The van der Waals surface area contributed by atoms with Crippen LogP contribution in [0.4, 0.5) is 0 Å². The molecule has 1 rings (SSSR count). The molecule has 1 aliphatic rings. The minimum Gasteiger partial charge on any atom is -0.339 e. The molecule has 0 aliphatic carbocycles. The van der Waals surface area contributed by atoms with Crippen LogP contribution in [0.3, 0.4) is 0 Å². The summed E-state index contributed by atoms with van der Waals surface area (Å²) in [6, 6.07) is 0. The molecule has 0 aromatic heterocycles. The highest BCUT2D eigenvalue weighted by atomic mass is 16.2. The van der Waals surface area contributed by atoms with E-state index in [9.17, 15) is 4.79 Å². The van der Waals surface area contributed by atoms with Crippen molar-refractivity contribution in [1.29, 1.82) is 0 Å². The quantitative estimate of drug-likeness (QED) is 0.556. The summed E-state index contributed by atoms with van der Waals surface area (Å²) < 4.78 is 0. The van der Waals surface area contributed by atoms with Crippen molar-refractivity contribution in [2.24, 2.45) is 5.92 Å². The second kappa shape index (κ2) is 6.40. The fourth-order valence-electron chi connectivity index (χ4n) is 1.84. The lowest BCUT2D eigenvalue weighted by atomic mass is 10.1. The maximum atomic E-state index is 11.7. The van der Waals surface area contributed by atoms with Gasteiger partial charge < -0.3 is 10.2 Å². The van der Waals surface area contributed by atoms with E-state index in [0.29, 0.717) is 5.92 Å². The molecule has 3 heteroatoms. The van der Waals surface area contributed by atoms with Crippen LogP contribution < -0.4 is 5.32 Å². The molecule has 0 spiro atoms. The summed E-state index contributed by atoms with van der Waals surface area (Å²) in [7, 11) is 1.95. The third kappa shape index (κ3) is 3.88. The van der Waals surface area contributed by atoms with E-state index in [0.717, 1.165) is 26.1 Å². The number of likely N-dealkylation sites (tertiary alicyclic amines) is 1. The number of allylic oxidation sites excluding steroid dienone is 3. The summed E-state index contributed by atoms with van der Waals surface area (Å²) in [5.41, 5.74) is 0. The van der Waals surface area contributed by atoms with Crippen LogP contribution in [0.2, 0.25) is 0 Å². The van der Waals surface area contributed by atoms with Crippen molar-refractivity contribution in [3.63, 3.8) is 0 Å². The van der Waals surface area contributed by atoms with Crippen LogP contribution in [0.5, 0.6) is 0 Å². The zero-order valence-corrected chi connectivity index (χ0v) is 9.57. The van der Waals surface area contributed by atoms with Crippen molar-refractivity contribution in [1.82, 2.24) is 10.2 Å².